The molecule has 1 rings (SSSR count). The first kappa shape index (κ1) is 14.8. The molecule has 1 aromatic carbocycles. The number of benzene rings is 1. The molecule has 0 bridgehead atoms. The highest BCUT2D eigenvalue weighted by molar-refractivity contribution is 9.10. The number of rotatable bonds is 4. The smallest absolute Gasteiger partial charge is 0.252 e. The Kier molecular flexibility index (Phi) is 5.29. The average Bonchev–Trinajstić information content (AvgIpc) is 2.32. The molecule has 1 aromatic rings. The van der Waals surface area contributed by atoms with Gasteiger partial charge in [0, 0.05) is 16.2 Å². The number of halogens is 3. The Bertz CT molecular complexity index is 419. The summed E-state index contributed by atoms with van der Waals surface area (Å²) in [5, 5.41) is 2.84. The third-order valence-corrected chi connectivity index (χ3v) is 4.67. The molecule has 1 amide bonds. The summed E-state index contributed by atoms with van der Waals surface area (Å²) in [6, 6.07) is 5.53. The zero-order valence-electron chi connectivity index (χ0n) is 9.69. The maximum Gasteiger partial charge on any atom is 0.252 e. The molecule has 94 valence electrons. The Morgan fingerprint density at radius 2 is 2.00 bits per heavy atom. The van der Waals surface area contributed by atoms with Crippen molar-refractivity contribution < 1.29 is 4.79 Å². The number of hydrogen-bond donors (Lipinski definition) is 1. The van der Waals surface area contributed by atoms with Crippen LogP contribution in [0.1, 0.15) is 22.8 Å². The van der Waals surface area contributed by atoms with Crippen LogP contribution in [0.15, 0.2) is 22.7 Å². The zero-order valence-corrected chi connectivity index (χ0v) is 12.8. The van der Waals surface area contributed by atoms with Crippen LogP contribution in [0, 0.1) is 6.92 Å². The van der Waals surface area contributed by atoms with Crippen molar-refractivity contribution in [1.82, 2.24) is 5.32 Å². The molecule has 1 N–H and O–H groups in total. The summed E-state index contributed by atoms with van der Waals surface area (Å²) in [7, 11) is 0. The lowest BCUT2D eigenvalue weighted by atomic mass is 10.1. The van der Waals surface area contributed by atoms with Crippen LogP contribution in [0.5, 0.6) is 0 Å². The van der Waals surface area contributed by atoms with Gasteiger partial charge in [-0.3, -0.25) is 4.79 Å². The summed E-state index contributed by atoms with van der Waals surface area (Å²) >= 11 is 15.0. The molecule has 17 heavy (non-hydrogen) atoms. The molecule has 0 atom stereocenters. The predicted octanol–water partition coefficient (Wildman–Crippen LogP) is 3.72. The van der Waals surface area contributed by atoms with E-state index >= 15 is 0 Å². The molecule has 0 heterocycles. The van der Waals surface area contributed by atoms with Crippen molar-refractivity contribution in [3.05, 3.63) is 33.8 Å². The standard InChI is InChI=1S/C12H14BrCl2NO/c1-8-4-3-5-9(10(8)13)11(17)16-12(2,6-14)7-15/h3-5H,6-7H2,1-2H3,(H,16,17). The molecule has 0 unspecified atom stereocenters. The number of aryl methyl sites for hydroxylation is 1. The Hall–Kier alpha value is -0.250. The van der Waals surface area contributed by atoms with Gasteiger partial charge in [-0.05, 0) is 41.4 Å². The largest absolute Gasteiger partial charge is 0.344 e. The summed E-state index contributed by atoms with van der Waals surface area (Å²) < 4.78 is 0.795. The molecule has 2 nitrogen and oxygen atoms in total. The van der Waals surface area contributed by atoms with Crippen LogP contribution in [0.2, 0.25) is 0 Å². The number of carbonyl (C=O) groups is 1. The Balaban J connectivity index is 2.94. The molecule has 0 aliphatic rings. The van der Waals surface area contributed by atoms with Crippen molar-refractivity contribution in [3.63, 3.8) is 0 Å². The van der Waals surface area contributed by atoms with E-state index in [1.807, 2.05) is 26.0 Å². The number of nitrogens with one attached hydrogen (secondary N) is 1. The first-order valence-electron chi connectivity index (χ1n) is 5.13. The molecule has 0 fully saturated rings. The van der Waals surface area contributed by atoms with Crippen LogP contribution >= 0.6 is 39.1 Å². The second kappa shape index (κ2) is 6.07. The van der Waals surface area contributed by atoms with Crippen molar-refractivity contribution in [2.75, 3.05) is 11.8 Å². The van der Waals surface area contributed by atoms with Gasteiger partial charge in [0.1, 0.15) is 0 Å². The van der Waals surface area contributed by atoms with Crippen LogP contribution in [0.4, 0.5) is 0 Å². The Morgan fingerprint density at radius 1 is 1.41 bits per heavy atom. The van der Waals surface area contributed by atoms with Gasteiger partial charge in [0.15, 0.2) is 0 Å². The number of alkyl halides is 2. The van der Waals surface area contributed by atoms with Gasteiger partial charge in [-0.1, -0.05) is 12.1 Å². The normalized spacial score (nSPS) is 11.4. The van der Waals surface area contributed by atoms with Crippen LogP contribution in [0.3, 0.4) is 0 Å². The highest BCUT2D eigenvalue weighted by atomic mass is 79.9. The molecule has 0 aliphatic carbocycles. The number of amides is 1. The highest BCUT2D eigenvalue weighted by Gasteiger charge is 2.25. The lowest BCUT2D eigenvalue weighted by Crippen LogP contribution is -2.49. The van der Waals surface area contributed by atoms with Gasteiger partial charge in [0.25, 0.3) is 5.91 Å². The fourth-order valence-corrected chi connectivity index (χ4v) is 2.13. The van der Waals surface area contributed by atoms with Gasteiger partial charge in [-0.15, -0.1) is 23.2 Å². The van der Waals surface area contributed by atoms with E-state index in [2.05, 4.69) is 21.2 Å². The van der Waals surface area contributed by atoms with E-state index in [9.17, 15) is 4.79 Å². The molecule has 0 aliphatic heterocycles. The van der Waals surface area contributed by atoms with E-state index in [1.165, 1.54) is 0 Å². The first-order valence-corrected chi connectivity index (χ1v) is 6.99. The van der Waals surface area contributed by atoms with E-state index in [4.69, 9.17) is 23.2 Å². The third-order valence-electron chi connectivity index (χ3n) is 2.44. The van der Waals surface area contributed by atoms with Crippen LogP contribution in [-0.2, 0) is 0 Å². The number of carbonyl (C=O) groups excluding carboxylic acids is 1. The van der Waals surface area contributed by atoms with Gasteiger partial charge in [0.2, 0.25) is 0 Å². The summed E-state index contributed by atoms with van der Waals surface area (Å²) in [6.45, 7) is 3.75. The van der Waals surface area contributed by atoms with Gasteiger partial charge < -0.3 is 5.32 Å². The highest BCUT2D eigenvalue weighted by Crippen LogP contribution is 2.22. The molecular weight excluding hydrogens is 325 g/mol. The van der Waals surface area contributed by atoms with Gasteiger partial charge in [-0.25, -0.2) is 0 Å². The third kappa shape index (κ3) is 3.60. The Labute approximate surface area is 120 Å². The topological polar surface area (TPSA) is 29.1 Å². The van der Waals surface area contributed by atoms with Crippen LogP contribution in [-0.4, -0.2) is 23.2 Å². The molecular formula is C12H14BrCl2NO. The fourth-order valence-electron chi connectivity index (χ4n) is 1.27. The second-order valence-electron chi connectivity index (χ2n) is 4.22. The first-order chi connectivity index (χ1) is 7.93. The van der Waals surface area contributed by atoms with Crippen LogP contribution < -0.4 is 5.32 Å². The minimum atomic E-state index is -0.594. The molecule has 0 saturated carbocycles. The van der Waals surface area contributed by atoms with Gasteiger partial charge >= 0.3 is 0 Å². The van der Waals surface area contributed by atoms with Crippen molar-refractivity contribution in [1.29, 1.82) is 0 Å². The summed E-state index contributed by atoms with van der Waals surface area (Å²) in [5.74, 6) is 0.363. The van der Waals surface area contributed by atoms with E-state index in [-0.39, 0.29) is 17.7 Å². The quantitative estimate of drug-likeness (QED) is 0.833. The van der Waals surface area contributed by atoms with Gasteiger partial charge in [-0.2, -0.15) is 0 Å². The lowest BCUT2D eigenvalue weighted by Gasteiger charge is -2.26. The minimum absolute atomic E-state index is 0.177. The molecule has 0 aromatic heterocycles. The van der Waals surface area contributed by atoms with E-state index in [0.717, 1.165) is 10.0 Å². The van der Waals surface area contributed by atoms with E-state index in [1.54, 1.807) is 6.07 Å². The zero-order chi connectivity index (χ0) is 13.1. The summed E-state index contributed by atoms with van der Waals surface area (Å²) in [4.78, 5) is 12.1. The SMILES string of the molecule is Cc1cccc(C(=O)NC(C)(CCl)CCl)c1Br. The van der Waals surface area contributed by atoms with Gasteiger partial charge in [0.05, 0.1) is 11.1 Å². The van der Waals surface area contributed by atoms with Crippen LogP contribution in [0.25, 0.3) is 0 Å². The van der Waals surface area contributed by atoms with Crippen molar-refractivity contribution in [2.24, 2.45) is 0 Å². The molecule has 0 spiro atoms. The van der Waals surface area contributed by atoms with E-state index in [0.29, 0.717) is 5.56 Å². The maximum absolute atomic E-state index is 12.1. The molecule has 0 saturated heterocycles. The van der Waals surface area contributed by atoms with Crippen molar-refractivity contribution in [3.8, 4) is 0 Å². The Morgan fingerprint density at radius 3 is 2.53 bits per heavy atom. The second-order valence-corrected chi connectivity index (χ2v) is 5.55. The monoisotopic (exact) mass is 337 g/mol. The summed E-state index contributed by atoms with van der Waals surface area (Å²) in [6.07, 6.45) is 0. The van der Waals surface area contributed by atoms with Crippen molar-refractivity contribution in [2.45, 2.75) is 19.4 Å². The van der Waals surface area contributed by atoms with Crippen molar-refractivity contribution >= 4 is 45.0 Å². The minimum Gasteiger partial charge on any atom is -0.344 e. The number of hydrogen-bond acceptors (Lipinski definition) is 1. The predicted molar refractivity (Wildman–Crippen MR) is 76.2 cm³/mol. The molecule has 5 heteroatoms. The lowest BCUT2D eigenvalue weighted by molar-refractivity contribution is 0.0920. The fraction of sp³-hybridized carbons (Fsp3) is 0.417. The average molecular weight is 339 g/mol. The van der Waals surface area contributed by atoms with E-state index < -0.39 is 5.54 Å². The maximum atomic E-state index is 12.1. The molecule has 0 radical (unpaired) electrons. The summed E-state index contributed by atoms with van der Waals surface area (Å²) in [5.41, 5.74) is 1.01.